The van der Waals surface area contributed by atoms with E-state index >= 15 is 0 Å². The number of halogens is 2. The van der Waals surface area contributed by atoms with Crippen molar-refractivity contribution < 1.29 is 13.7 Å². The Morgan fingerprint density at radius 1 is 1.35 bits per heavy atom. The van der Waals surface area contributed by atoms with Gasteiger partial charge in [0.2, 0.25) is 0 Å². The standard InChI is InChI=1S/C14H10BrFN4O2S/c15-10-7-18-23-12(10)13(21)17-6-5-11-19-14(22-20-11)8-1-3-9(16)4-2-8/h1-4,7H,5-6H2,(H,17,21). The Hall–Kier alpha value is -2.13. The summed E-state index contributed by atoms with van der Waals surface area (Å²) >= 11 is 4.38. The molecule has 9 heteroatoms. The minimum Gasteiger partial charge on any atom is -0.351 e. The monoisotopic (exact) mass is 396 g/mol. The first-order valence-corrected chi connectivity index (χ1v) is 8.17. The van der Waals surface area contributed by atoms with Crippen LogP contribution in [0.5, 0.6) is 0 Å². The highest BCUT2D eigenvalue weighted by Gasteiger charge is 2.13. The number of amides is 1. The van der Waals surface area contributed by atoms with Crippen molar-refractivity contribution in [1.82, 2.24) is 19.8 Å². The van der Waals surface area contributed by atoms with E-state index in [1.54, 1.807) is 18.3 Å². The van der Waals surface area contributed by atoms with Gasteiger partial charge in [-0.25, -0.2) is 4.39 Å². The third-order valence-electron chi connectivity index (χ3n) is 2.93. The Bertz CT molecular complexity index is 818. The zero-order valence-corrected chi connectivity index (χ0v) is 14.0. The largest absolute Gasteiger partial charge is 0.351 e. The summed E-state index contributed by atoms with van der Waals surface area (Å²) in [6, 6.07) is 5.78. The molecule has 23 heavy (non-hydrogen) atoms. The van der Waals surface area contributed by atoms with Crippen LogP contribution in [0, 0.1) is 5.82 Å². The maximum atomic E-state index is 12.9. The van der Waals surface area contributed by atoms with Gasteiger partial charge in [-0.3, -0.25) is 4.79 Å². The van der Waals surface area contributed by atoms with E-state index in [0.717, 1.165) is 11.5 Å². The minimum atomic E-state index is -0.328. The smallest absolute Gasteiger partial charge is 0.264 e. The highest BCUT2D eigenvalue weighted by Crippen LogP contribution is 2.19. The summed E-state index contributed by atoms with van der Waals surface area (Å²) in [6.07, 6.45) is 2.00. The van der Waals surface area contributed by atoms with Crippen LogP contribution in [0.15, 0.2) is 39.5 Å². The second kappa shape index (κ2) is 6.97. The quantitative estimate of drug-likeness (QED) is 0.716. The van der Waals surface area contributed by atoms with E-state index in [2.05, 4.69) is 35.8 Å². The van der Waals surface area contributed by atoms with E-state index in [1.807, 2.05) is 0 Å². The van der Waals surface area contributed by atoms with Crippen LogP contribution >= 0.6 is 27.5 Å². The molecule has 0 aliphatic carbocycles. The van der Waals surface area contributed by atoms with Crippen LogP contribution in [0.2, 0.25) is 0 Å². The first kappa shape index (κ1) is 15.8. The van der Waals surface area contributed by atoms with Crippen LogP contribution in [0.3, 0.4) is 0 Å². The van der Waals surface area contributed by atoms with Crippen LogP contribution < -0.4 is 5.32 Å². The van der Waals surface area contributed by atoms with Gasteiger partial charge in [0.25, 0.3) is 11.8 Å². The lowest BCUT2D eigenvalue weighted by atomic mass is 10.2. The Balaban J connectivity index is 1.56. The molecule has 1 amide bonds. The molecule has 2 aromatic heterocycles. The summed E-state index contributed by atoms with van der Waals surface area (Å²) in [7, 11) is 0. The van der Waals surface area contributed by atoms with Crippen molar-refractivity contribution in [3.05, 3.63) is 51.5 Å². The van der Waals surface area contributed by atoms with E-state index in [9.17, 15) is 9.18 Å². The summed E-state index contributed by atoms with van der Waals surface area (Å²) in [6.45, 7) is 0.367. The third kappa shape index (κ3) is 3.80. The van der Waals surface area contributed by atoms with Gasteiger partial charge in [-0.15, -0.1) is 0 Å². The molecule has 0 bridgehead atoms. The zero-order valence-electron chi connectivity index (χ0n) is 11.6. The summed E-state index contributed by atoms with van der Waals surface area (Å²) in [5, 5.41) is 6.60. The first-order valence-electron chi connectivity index (χ1n) is 6.60. The summed E-state index contributed by atoms with van der Waals surface area (Å²) in [4.78, 5) is 16.6. The molecule has 1 aromatic carbocycles. The number of rotatable bonds is 5. The molecular formula is C14H10BrFN4O2S. The van der Waals surface area contributed by atoms with Gasteiger partial charge in [-0.05, 0) is 51.7 Å². The average Bonchev–Trinajstić information content (AvgIpc) is 3.17. The minimum absolute atomic E-state index is 0.207. The zero-order chi connectivity index (χ0) is 16.2. The van der Waals surface area contributed by atoms with Gasteiger partial charge in [0.1, 0.15) is 10.7 Å². The SMILES string of the molecule is O=C(NCCc1noc(-c2ccc(F)cc2)n1)c1sncc1Br. The summed E-state index contributed by atoms with van der Waals surface area (Å²) < 4.78 is 22.6. The van der Waals surface area contributed by atoms with E-state index in [0.29, 0.717) is 39.6 Å². The molecule has 0 aliphatic rings. The van der Waals surface area contributed by atoms with Gasteiger partial charge in [0.15, 0.2) is 5.82 Å². The molecule has 2 heterocycles. The van der Waals surface area contributed by atoms with Gasteiger partial charge < -0.3 is 9.84 Å². The molecule has 118 valence electrons. The molecule has 0 saturated heterocycles. The molecule has 0 saturated carbocycles. The molecule has 0 aliphatic heterocycles. The molecule has 3 aromatic rings. The normalized spacial score (nSPS) is 10.7. The number of carbonyl (C=O) groups is 1. The van der Waals surface area contributed by atoms with E-state index in [1.165, 1.54) is 12.1 Å². The Kier molecular flexibility index (Phi) is 4.77. The predicted octanol–water partition coefficient (Wildman–Crippen LogP) is 3.07. The van der Waals surface area contributed by atoms with Gasteiger partial charge in [0, 0.05) is 18.5 Å². The molecule has 0 atom stereocenters. The first-order chi connectivity index (χ1) is 11.1. The predicted molar refractivity (Wildman–Crippen MR) is 85.5 cm³/mol. The fourth-order valence-corrected chi connectivity index (χ4v) is 3.00. The summed E-state index contributed by atoms with van der Waals surface area (Å²) in [5.41, 5.74) is 0.641. The van der Waals surface area contributed by atoms with Gasteiger partial charge in [-0.2, -0.15) is 9.36 Å². The number of hydrogen-bond acceptors (Lipinski definition) is 6. The van der Waals surface area contributed by atoms with Crippen molar-refractivity contribution in [1.29, 1.82) is 0 Å². The molecule has 3 rings (SSSR count). The Labute approximate surface area is 143 Å². The van der Waals surface area contributed by atoms with Crippen molar-refractivity contribution in [3.8, 4) is 11.5 Å². The fourth-order valence-electron chi connectivity index (χ4n) is 1.81. The molecule has 1 N–H and O–H groups in total. The second-order valence-corrected chi connectivity index (χ2v) is 6.19. The summed E-state index contributed by atoms with van der Waals surface area (Å²) in [5.74, 6) is 0.247. The third-order valence-corrected chi connectivity index (χ3v) is 4.59. The topological polar surface area (TPSA) is 80.9 Å². The molecule has 0 radical (unpaired) electrons. The number of carbonyl (C=O) groups excluding carboxylic acids is 1. The van der Waals surface area contributed by atoms with Crippen LogP contribution in [0.4, 0.5) is 4.39 Å². The van der Waals surface area contributed by atoms with E-state index in [-0.39, 0.29) is 11.7 Å². The van der Waals surface area contributed by atoms with E-state index in [4.69, 9.17) is 4.52 Å². The maximum absolute atomic E-state index is 12.9. The molecule has 6 nitrogen and oxygen atoms in total. The van der Waals surface area contributed by atoms with Crippen LogP contribution in [0.1, 0.15) is 15.5 Å². The van der Waals surface area contributed by atoms with Crippen LogP contribution in [-0.2, 0) is 6.42 Å². The van der Waals surface area contributed by atoms with Crippen molar-refractivity contribution in [2.24, 2.45) is 0 Å². The van der Waals surface area contributed by atoms with Crippen molar-refractivity contribution in [2.45, 2.75) is 6.42 Å². The van der Waals surface area contributed by atoms with Crippen molar-refractivity contribution in [3.63, 3.8) is 0 Å². The highest BCUT2D eigenvalue weighted by atomic mass is 79.9. The van der Waals surface area contributed by atoms with Crippen molar-refractivity contribution >= 4 is 33.4 Å². The van der Waals surface area contributed by atoms with Crippen LogP contribution in [0.25, 0.3) is 11.5 Å². The highest BCUT2D eigenvalue weighted by molar-refractivity contribution is 9.10. The fraction of sp³-hybridized carbons (Fsp3) is 0.143. The van der Waals surface area contributed by atoms with Gasteiger partial charge in [-0.1, -0.05) is 5.16 Å². The van der Waals surface area contributed by atoms with Crippen LogP contribution in [-0.4, -0.2) is 27.0 Å². The lowest BCUT2D eigenvalue weighted by Crippen LogP contribution is -2.25. The number of nitrogens with zero attached hydrogens (tertiary/aromatic N) is 3. The number of hydrogen-bond donors (Lipinski definition) is 1. The molecular weight excluding hydrogens is 387 g/mol. The van der Waals surface area contributed by atoms with Gasteiger partial charge >= 0.3 is 0 Å². The second-order valence-electron chi connectivity index (χ2n) is 4.53. The number of aromatic nitrogens is 3. The van der Waals surface area contributed by atoms with Gasteiger partial charge in [0.05, 0.1) is 10.7 Å². The lowest BCUT2D eigenvalue weighted by molar-refractivity contribution is 0.0957. The molecule has 0 spiro atoms. The van der Waals surface area contributed by atoms with E-state index < -0.39 is 0 Å². The Morgan fingerprint density at radius 3 is 2.83 bits per heavy atom. The number of benzene rings is 1. The number of nitrogens with one attached hydrogen (secondary N) is 1. The molecule has 0 fully saturated rings. The van der Waals surface area contributed by atoms with Crippen molar-refractivity contribution in [2.75, 3.05) is 6.54 Å². The molecule has 0 unspecified atom stereocenters. The lowest BCUT2D eigenvalue weighted by Gasteiger charge is -2.00. The maximum Gasteiger partial charge on any atom is 0.264 e. The average molecular weight is 397 g/mol. The Morgan fingerprint density at radius 2 is 2.13 bits per heavy atom.